The average Bonchev–Trinajstić information content (AvgIpc) is 2.45. The number of ether oxygens (including phenoxy) is 1. The van der Waals surface area contributed by atoms with Gasteiger partial charge in [-0.1, -0.05) is 6.92 Å². The zero-order valence-corrected chi connectivity index (χ0v) is 9.54. The Morgan fingerprint density at radius 3 is 3.13 bits per heavy atom. The van der Waals surface area contributed by atoms with Gasteiger partial charge in [0, 0.05) is 19.8 Å². The molecule has 4 heteroatoms. The molecular formula is C11H21N3O. The van der Waals surface area contributed by atoms with E-state index in [4.69, 9.17) is 10.5 Å². The van der Waals surface area contributed by atoms with E-state index in [9.17, 15) is 0 Å². The van der Waals surface area contributed by atoms with Gasteiger partial charge in [0.2, 0.25) is 0 Å². The van der Waals surface area contributed by atoms with Gasteiger partial charge in [0.1, 0.15) is 0 Å². The van der Waals surface area contributed by atoms with Gasteiger partial charge in [0.05, 0.1) is 12.1 Å². The van der Waals surface area contributed by atoms with E-state index in [0.717, 1.165) is 57.9 Å². The number of nitrogens with two attached hydrogens (primary N) is 1. The van der Waals surface area contributed by atoms with Crippen molar-refractivity contribution in [3.8, 4) is 0 Å². The summed E-state index contributed by atoms with van der Waals surface area (Å²) in [5.41, 5.74) is 6.13. The van der Waals surface area contributed by atoms with Crippen LogP contribution >= 0.6 is 0 Å². The Kier molecular flexibility index (Phi) is 3.14. The molecule has 2 N–H and O–H groups in total. The molecule has 1 fully saturated rings. The topological polar surface area (TPSA) is 50.8 Å². The molecule has 2 aliphatic rings. The highest BCUT2D eigenvalue weighted by Crippen LogP contribution is 2.32. The molecule has 2 rings (SSSR count). The van der Waals surface area contributed by atoms with Gasteiger partial charge in [-0.15, -0.1) is 0 Å². The molecule has 1 atom stereocenters. The van der Waals surface area contributed by atoms with Crippen LogP contribution in [0.3, 0.4) is 0 Å². The fourth-order valence-electron chi connectivity index (χ4n) is 2.64. The van der Waals surface area contributed by atoms with Gasteiger partial charge in [-0.2, -0.15) is 0 Å². The molecule has 0 aromatic carbocycles. The summed E-state index contributed by atoms with van der Waals surface area (Å²) in [5, 5.41) is 0. The van der Waals surface area contributed by atoms with Crippen LogP contribution in [-0.2, 0) is 4.74 Å². The van der Waals surface area contributed by atoms with Crippen molar-refractivity contribution in [2.75, 3.05) is 26.3 Å². The molecule has 1 saturated heterocycles. The molecule has 0 bridgehead atoms. The van der Waals surface area contributed by atoms with E-state index < -0.39 is 0 Å². The van der Waals surface area contributed by atoms with Gasteiger partial charge >= 0.3 is 0 Å². The first-order chi connectivity index (χ1) is 7.28. The summed E-state index contributed by atoms with van der Waals surface area (Å²) in [6.07, 6.45) is 4.48. The largest absolute Gasteiger partial charge is 0.381 e. The number of rotatable bonds is 2. The van der Waals surface area contributed by atoms with Crippen LogP contribution in [0.15, 0.2) is 4.99 Å². The zero-order valence-electron chi connectivity index (χ0n) is 9.54. The fourth-order valence-corrected chi connectivity index (χ4v) is 2.64. The number of aliphatic imine (C=N–C) groups is 1. The second-order valence-electron chi connectivity index (χ2n) is 4.52. The molecule has 0 aromatic heterocycles. The minimum Gasteiger partial charge on any atom is -0.381 e. The van der Waals surface area contributed by atoms with Crippen molar-refractivity contribution in [1.29, 1.82) is 0 Å². The van der Waals surface area contributed by atoms with E-state index in [0.29, 0.717) is 0 Å². The van der Waals surface area contributed by atoms with E-state index in [2.05, 4.69) is 16.8 Å². The lowest BCUT2D eigenvalue weighted by atomic mass is 9.89. The molecule has 4 nitrogen and oxygen atoms in total. The van der Waals surface area contributed by atoms with E-state index in [-0.39, 0.29) is 5.54 Å². The highest BCUT2D eigenvalue weighted by Gasteiger charge is 2.41. The molecule has 0 radical (unpaired) electrons. The Morgan fingerprint density at radius 1 is 1.47 bits per heavy atom. The molecule has 0 amide bonds. The molecular weight excluding hydrogens is 190 g/mol. The lowest BCUT2D eigenvalue weighted by Crippen LogP contribution is -2.52. The van der Waals surface area contributed by atoms with Crippen molar-refractivity contribution in [3.05, 3.63) is 0 Å². The van der Waals surface area contributed by atoms with Crippen molar-refractivity contribution in [3.63, 3.8) is 0 Å². The van der Waals surface area contributed by atoms with Crippen LogP contribution in [0.25, 0.3) is 0 Å². The molecule has 1 spiro atoms. The maximum absolute atomic E-state index is 5.96. The molecule has 0 aromatic rings. The number of guanidine groups is 1. The second-order valence-corrected chi connectivity index (χ2v) is 4.52. The van der Waals surface area contributed by atoms with Crippen molar-refractivity contribution >= 4 is 5.96 Å². The van der Waals surface area contributed by atoms with Gasteiger partial charge in [-0.3, -0.25) is 4.99 Å². The van der Waals surface area contributed by atoms with Gasteiger partial charge in [0.25, 0.3) is 0 Å². The third-order valence-corrected chi connectivity index (χ3v) is 3.47. The molecule has 86 valence electrons. The summed E-state index contributed by atoms with van der Waals surface area (Å²) in [5.74, 6) is 0.735. The predicted octanol–water partition coefficient (Wildman–Crippen LogP) is 0.966. The quantitative estimate of drug-likeness (QED) is 0.740. The van der Waals surface area contributed by atoms with Crippen LogP contribution in [0.5, 0.6) is 0 Å². The Hall–Kier alpha value is -0.770. The molecule has 2 aliphatic heterocycles. The number of hydrogen-bond acceptors (Lipinski definition) is 4. The van der Waals surface area contributed by atoms with Crippen LogP contribution in [0.1, 0.15) is 32.6 Å². The molecule has 0 aliphatic carbocycles. The Morgan fingerprint density at radius 2 is 2.33 bits per heavy atom. The van der Waals surface area contributed by atoms with Crippen LogP contribution < -0.4 is 5.73 Å². The zero-order chi connectivity index (χ0) is 10.7. The van der Waals surface area contributed by atoms with Crippen LogP contribution in [0.2, 0.25) is 0 Å². The minimum atomic E-state index is 0.177. The Bertz CT molecular complexity index is 244. The SMILES string of the molecule is CCCN1C(N)=NCC12CCCOCC2. The maximum atomic E-state index is 5.96. The first-order valence-corrected chi connectivity index (χ1v) is 5.94. The van der Waals surface area contributed by atoms with Crippen LogP contribution in [-0.4, -0.2) is 42.7 Å². The maximum Gasteiger partial charge on any atom is 0.191 e. The van der Waals surface area contributed by atoms with Crippen LogP contribution in [0, 0.1) is 0 Å². The summed E-state index contributed by atoms with van der Waals surface area (Å²) in [6, 6.07) is 0. The molecule has 1 unspecified atom stereocenters. The van der Waals surface area contributed by atoms with E-state index in [1.165, 1.54) is 0 Å². The molecule has 2 heterocycles. The van der Waals surface area contributed by atoms with Crippen molar-refractivity contribution < 1.29 is 4.74 Å². The summed E-state index contributed by atoms with van der Waals surface area (Å²) >= 11 is 0. The average molecular weight is 211 g/mol. The highest BCUT2D eigenvalue weighted by molar-refractivity contribution is 5.81. The number of hydrogen-bond donors (Lipinski definition) is 1. The van der Waals surface area contributed by atoms with E-state index in [1.807, 2.05) is 0 Å². The van der Waals surface area contributed by atoms with Crippen molar-refractivity contribution in [2.45, 2.75) is 38.1 Å². The lowest BCUT2D eigenvalue weighted by molar-refractivity contribution is 0.122. The minimum absolute atomic E-state index is 0.177. The Balaban J connectivity index is 2.11. The van der Waals surface area contributed by atoms with E-state index in [1.54, 1.807) is 0 Å². The fraction of sp³-hybridized carbons (Fsp3) is 0.909. The lowest BCUT2D eigenvalue weighted by Gasteiger charge is -2.38. The summed E-state index contributed by atoms with van der Waals surface area (Å²) in [4.78, 5) is 6.73. The van der Waals surface area contributed by atoms with Gasteiger partial charge in [-0.25, -0.2) is 0 Å². The van der Waals surface area contributed by atoms with Crippen molar-refractivity contribution in [1.82, 2.24) is 4.90 Å². The third-order valence-electron chi connectivity index (χ3n) is 3.47. The first kappa shape index (κ1) is 10.7. The predicted molar refractivity (Wildman–Crippen MR) is 60.9 cm³/mol. The summed E-state index contributed by atoms with van der Waals surface area (Å²) < 4.78 is 5.52. The summed E-state index contributed by atoms with van der Waals surface area (Å²) in [7, 11) is 0. The first-order valence-electron chi connectivity index (χ1n) is 5.94. The highest BCUT2D eigenvalue weighted by atomic mass is 16.5. The van der Waals surface area contributed by atoms with Gasteiger partial charge in [-0.05, 0) is 25.7 Å². The standard InChI is InChI=1S/C11H21N3O/c1-2-6-14-10(12)13-9-11(14)4-3-7-15-8-5-11/h2-9H2,1H3,(H2,12,13). The van der Waals surface area contributed by atoms with Gasteiger partial charge < -0.3 is 15.4 Å². The van der Waals surface area contributed by atoms with Crippen LogP contribution in [0.4, 0.5) is 0 Å². The molecule has 15 heavy (non-hydrogen) atoms. The Labute approximate surface area is 91.5 Å². The van der Waals surface area contributed by atoms with Gasteiger partial charge in [0.15, 0.2) is 5.96 Å². The monoisotopic (exact) mass is 211 g/mol. The van der Waals surface area contributed by atoms with E-state index >= 15 is 0 Å². The summed E-state index contributed by atoms with van der Waals surface area (Å²) in [6.45, 7) is 5.81. The van der Waals surface area contributed by atoms with Crippen molar-refractivity contribution in [2.24, 2.45) is 10.7 Å². The number of nitrogens with zero attached hydrogens (tertiary/aromatic N) is 2. The molecule has 0 saturated carbocycles. The smallest absolute Gasteiger partial charge is 0.191 e. The second kappa shape index (κ2) is 4.39. The normalized spacial score (nSPS) is 31.8. The third kappa shape index (κ3) is 1.95.